The number of nitrogens with zero attached hydrogens (tertiary/aromatic N) is 1. The number of carbonyl (C=O) groups excluding carboxylic acids is 1. The minimum Gasteiger partial charge on any atom is -0.493 e. The van der Waals surface area contributed by atoms with Gasteiger partial charge in [-0.1, -0.05) is 12.1 Å². The number of aryl methyl sites for hydroxylation is 1. The number of rotatable bonds is 6. The van der Waals surface area contributed by atoms with Crippen LogP contribution in [0.15, 0.2) is 54.9 Å². The third-order valence-electron chi connectivity index (χ3n) is 3.91. The molecule has 0 saturated heterocycles. The number of fused-ring (bicyclic) bond motifs is 1. The van der Waals surface area contributed by atoms with E-state index in [1.165, 1.54) is 0 Å². The van der Waals surface area contributed by atoms with Gasteiger partial charge in [0.2, 0.25) is 0 Å². The summed E-state index contributed by atoms with van der Waals surface area (Å²) in [5.74, 6) is 1.56. The molecule has 0 radical (unpaired) electrons. The summed E-state index contributed by atoms with van der Waals surface area (Å²) in [5.41, 5.74) is 0.984. The fourth-order valence-electron chi connectivity index (χ4n) is 2.59. The van der Waals surface area contributed by atoms with Crippen LogP contribution in [0.2, 0.25) is 0 Å². The van der Waals surface area contributed by atoms with Crippen molar-refractivity contribution in [1.29, 1.82) is 0 Å². The lowest BCUT2D eigenvalue weighted by atomic mass is 10.1. The van der Waals surface area contributed by atoms with E-state index < -0.39 is 0 Å². The standard InChI is InChI=1S/C20H19NO4/c1-23-18-7-3-14(11-19(18)24-2)4-8-20(22)25-17-6-5-15-9-10-21-13-16(15)12-17/h3,5-7,9-13H,4,8H2,1-2H3. The Morgan fingerprint density at radius 3 is 2.60 bits per heavy atom. The van der Waals surface area contributed by atoms with E-state index in [1.54, 1.807) is 32.7 Å². The van der Waals surface area contributed by atoms with Gasteiger partial charge in [0.15, 0.2) is 11.5 Å². The Balaban J connectivity index is 1.62. The molecule has 2 aromatic carbocycles. The zero-order valence-electron chi connectivity index (χ0n) is 14.2. The van der Waals surface area contributed by atoms with Crippen LogP contribution in [0.5, 0.6) is 17.2 Å². The van der Waals surface area contributed by atoms with Gasteiger partial charge in [0.25, 0.3) is 0 Å². The van der Waals surface area contributed by atoms with Gasteiger partial charge in [-0.15, -0.1) is 0 Å². The van der Waals surface area contributed by atoms with Gasteiger partial charge in [-0.05, 0) is 47.7 Å². The Labute approximate surface area is 146 Å². The Hall–Kier alpha value is -3.08. The molecule has 3 rings (SSSR count). The number of hydrogen-bond acceptors (Lipinski definition) is 5. The van der Waals surface area contributed by atoms with Crippen LogP contribution < -0.4 is 14.2 Å². The first-order chi connectivity index (χ1) is 12.2. The first-order valence-corrected chi connectivity index (χ1v) is 7.95. The quantitative estimate of drug-likeness (QED) is 0.506. The normalized spacial score (nSPS) is 10.5. The molecule has 5 nitrogen and oxygen atoms in total. The van der Waals surface area contributed by atoms with Gasteiger partial charge in [-0.2, -0.15) is 0 Å². The van der Waals surface area contributed by atoms with E-state index in [4.69, 9.17) is 14.2 Å². The van der Waals surface area contributed by atoms with Crippen LogP contribution in [0.4, 0.5) is 0 Å². The molecule has 0 fully saturated rings. The van der Waals surface area contributed by atoms with Crippen molar-refractivity contribution in [2.45, 2.75) is 12.8 Å². The van der Waals surface area contributed by atoms with Crippen LogP contribution in [0.25, 0.3) is 10.8 Å². The van der Waals surface area contributed by atoms with Gasteiger partial charge in [-0.3, -0.25) is 9.78 Å². The molecule has 25 heavy (non-hydrogen) atoms. The van der Waals surface area contributed by atoms with Crippen molar-refractivity contribution in [3.8, 4) is 17.2 Å². The van der Waals surface area contributed by atoms with Crippen molar-refractivity contribution >= 4 is 16.7 Å². The molecular weight excluding hydrogens is 318 g/mol. The van der Waals surface area contributed by atoms with E-state index in [0.717, 1.165) is 16.3 Å². The summed E-state index contributed by atoms with van der Waals surface area (Å²) >= 11 is 0. The smallest absolute Gasteiger partial charge is 0.311 e. The van der Waals surface area contributed by atoms with Crippen LogP contribution in [0, 0.1) is 0 Å². The topological polar surface area (TPSA) is 57.7 Å². The van der Waals surface area contributed by atoms with Crippen molar-refractivity contribution in [3.63, 3.8) is 0 Å². The zero-order valence-corrected chi connectivity index (χ0v) is 14.2. The first kappa shape index (κ1) is 16.8. The van der Waals surface area contributed by atoms with Crippen LogP contribution >= 0.6 is 0 Å². The second-order valence-corrected chi connectivity index (χ2v) is 5.55. The molecule has 0 bridgehead atoms. The molecule has 0 amide bonds. The lowest BCUT2D eigenvalue weighted by Gasteiger charge is -2.09. The maximum Gasteiger partial charge on any atom is 0.311 e. The van der Waals surface area contributed by atoms with Gasteiger partial charge >= 0.3 is 5.97 Å². The number of aromatic nitrogens is 1. The Morgan fingerprint density at radius 1 is 0.960 bits per heavy atom. The lowest BCUT2D eigenvalue weighted by Crippen LogP contribution is -2.09. The molecule has 1 heterocycles. The van der Waals surface area contributed by atoms with E-state index in [2.05, 4.69) is 4.98 Å². The highest BCUT2D eigenvalue weighted by Crippen LogP contribution is 2.28. The third-order valence-corrected chi connectivity index (χ3v) is 3.91. The summed E-state index contributed by atoms with van der Waals surface area (Å²) in [4.78, 5) is 16.2. The van der Waals surface area contributed by atoms with Crippen molar-refractivity contribution in [2.24, 2.45) is 0 Å². The molecular formula is C20H19NO4. The van der Waals surface area contributed by atoms with Crippen LogP contribution in [-0.2, 0) is 11.2 Å². The molecule has 0 aliphatic rings. The average molecular weight is 337 g/mol. The third kappa shape index (κ3) is 4.07. The van der Waals surface area contributed by atoms with Crippen molar-refractivity contribution in [1.82, 2.24) is 4.98 Å². The van der Waals surface area contributed by atoms with E-state index in [9.17, 15) is 4.79 Å². The van der Waals surface area contributed by atoms with E-state index in [0.29, 0.717) is 23.7 Å². The maximum absolute atomic E-state index is 12.1. The number of ether oxygens (including phenoxy) is 3. The average Bonchev–Trinajstić information content (AvgIpc) is 2.66. The molecule has 0 atom stereocenters. The first-order valence-electron chi connectivity index (χ1n) is 7.95. The molecule has 0 unspecified atom stereocenters. The monoisotopic (exact) mass is 337 g/mol. The zero-order chi connectivity index (χ0) is 17.6. The molecule has 3 aromatic rings. The second kappa shape index (κ2) is 7.66. The van der Waals surface area contributed by atoms with Crippen molar-refractivity contribution in [2.75, 3.05) is 14.2 Å². The summed E-state index contributed by atoms with van der Waals surface area (Å²) in [7, 11) is 3.18. The van der Waals surface area contributed by atoms with Crippen molar-refractivity contribution in [3.05, 3.63) is 60.4 Å². The van der Waals surface area contributed by atoms with Crippen molar-refractivity contribution < 1.29 is 19.0 Å². The molecule has 0 saturated carbocycles. The Morgan fingerprint density at radius 2 is 1.80 bits per heavy atom. The Kier molecular flexibility index (Phi) is 5.14. The number of pyridine rings is 1. The van der Waals surface area contributed by atoms with Crippen LogP contribution in [0.3, 0.4) is 0 Å². The molecule has 0 spiro atoms. The van der Waals surface area contributed by atoms with Crippen LogP contribution in [0.1, 0.15) is 12.0 Å². The minimum absolute atomic E-state index is 0.278. The maximum atomic E-state index is 12.1. The molecule has 0 aliphatic carbocycles. The van der Waals surface area contributed by atoms with Gasteiger partial charge in [0.1, 0.15) is 5.75 Å². The number of esters is 1. The Bertz CT molecular complexity index is 892. The highest BCUT2D eigenvalue weighted by Gasteiger charge is 2.09. The molecule has 5 heteroatoms. The largest absolute Gasteiger partial charge is 0.493 e. The fourth-order valence-corrected chi connectivity index (χ4v) is 2.59. The van der Waals surface area contributed by atoms with Gasteiger partial charge in [0, 0.05) is 24.2 Å². The predicted octanol–water partition coefficient (Wildman–Crippen LogP) is 3.79. The highest BCUT2D eigenvalue weighted by atomic mass is 16.5. The number of carbonyl (C=O) groups is 1. The van der Waals surface area contributed by atoms with E-state index in [-0.39, 0.29) is 12.4 Å². The number of benzene rings is 2. The van der Waals surface area contributed by atoms with E-state index in [1.807, 2.05) is 36.4 Å². The lowest BCUT2D eigenvalue weighted by molar-refractivity contribution is -0.134. The highest BCUT2D eigenvalue weighted by molar-refractivity contribution is 5.84. The number of hydrogen-bond donors (Lipinski definition) is 0. The summed E-state index contributed by atoms with van der Waals surface area (Å²) in [6.45, 7) is 0. The van der Waals surface area contributed by atoms with Gasteiger partial charge < -0.3 is 14.2 Å². The predicted molar refractivity (Wildman–Crippen MR) is 95.2 cm³/mol. The SMILES string of the molecule is COc1ccc(CCC(=O)Oc2ccc3ccncc3c2)cc1OC. The summed E-state index contributed by atoms with van der Waals surface area (Å²) in [5, 5.41) is 1.99. The minimum atomic E-state index is -0.280. The van der Waals surface area contributed by atoms with Gasteiger partial charge in [-0.25, -0.2) is 0 Å². The summed E-state index contributed by atoms with van der Waals surface area (Å²) < 4.78 is 15.9. The molecule has 1 aromatic heterocycles. The molecule has 0 N–H and O–H groups in total. The summed E-state index contributed by atoms with van der Waals surface area (Å²) in [6, 6.07) is 13.0. The van der Waals surface area contributed by atoms with Crippen LogP contribution in [-0.4, -0.2) is 25.2 Å². The van der Waals surface area contributed by atoms with E-state index >= 15 is 0 Å². The number of methoxy groups -OCH3 is 2. The second-order valence-electron chi connectivity index (χ2n) is 5.55. The molecule has 0 aliphatic heterocycles. The fraction of sp³-hybridized carbons (Fsp3) is 0.200. The summed E-state index contributed by atoms with van der Waals surface area (Å²) in [6.07, 6.45) is 4.32. The van der Waals surface area contributed by atoms with Gasteiger partial charge in [0.05, 0.1) is 14.2 Å². The molecule has 128 valence electrons.